The van der Waals surface area contributed by atoms with Crippen LogP contribution < -0.4 is 4.74 Å². The van der Waals surface area contributed by atoms with Crippen LogP contribution in [0, 0.1) is 18.3 Å². The molecule has 0 aliphatic heterocycles. The SMILES string of the molecule is CCOC(=O)Cc1cc(OC(F)(F)F)cc(C#N)c1C. The number of carbonyl (C=O) groups is 1. The lowest BCUT2D eigenvalue weighted by Gasteiger charge is -2.13. The van der Waals surface area contributed by atoms with Crippen molar-refractivity contribution in [2.45, 2.75) is 26.6 Å². The number of esters is 1. The normalized spacial score (nSPS) is 10.8. The van der Waals surface area contributed by atoms with Crippen LogP contribution in [0.4, 0.5) is 13.2 Å². The standard InChI is InChI=1S/C13H12F3NO3/c1-3-19-12(18)6-9-4-11(20-13(14,15)16)5-10(7-17)8(9)2/h4-5H,3,6H2,1-2H3. The van der Waals surface area contributed by atoms with Gasteiger partial charge in [0.2, 0.25) is 0 Å². The Morgan fingerprint density at radius 1 is 1.40 bits per heavy atom. The fourth-order valence-corrected chi connectivity index (χ4v) is 1.60. The molecule has 1 aromatic carbocycles. The second-order valence-electron chi connectivity index (χ2n) is 3.90. The van der Waals surface area contributed by atoms with Crippen LogP contribution in [-0.4, -0.2) is 18.9 Å². The quantitative estimate of drug-likeness (QED) is 0.799. The Hall–Kier alpha value is -2.23. The number of nitrogens with zero attached hydrogens (tertiary/aromatic N) is 1. The van der Waals surface area contributed by atoms with E-state index in [0.29, 0.717) is 5.56 Å². The van der Waals surface area contributed by atoms with E-state index in [0.717, 1.165) is 12.1 Å². The second kappa shape index (κ2) is 6.28. The first kappa shape index (κ1) is 15.8. The zero-order valence-electron chi connectivity index (χ0n) is 10.9. The summed E-state index contributed by atoms with van der Waals surface area (Å²) in [6, 6.07) is 3.84. The van der Waals surface area contributed by atoms with Gasteiger partial charge in [0.25, 0.3) is 0 Å². The number of hydrogen-bond donors (Lipinski definition) is 0. The summed E-state index contributed by atoms with van der Waals surface area (Å²) >= 11 is 0. The summed E-state index contributed by atoms with van der Waals surface area (Å²) < 4.78 is 45.1. The lowest BCUT2D eigenvalue weighted by Crippen LogP contribution is -2.18. The Bertz CT molecular complexity index is 547. The molecule has 0 unspecified atom stereocenters. The van der Waals surface area contributed by atoms with Crippen LogP contribution in [0.2, 0.25) is 0 Å². The largest absolute Gasteiger partial charge is 0.573 e. The average Bonchev–Trinajstić information content (AvgIpc) is 2.31. The number of hydrogen-bond acceptors (Lipinski definition) is 4. The van der Waals surface area contributed by atoms with Crippen molar-refractivity contribution in [2.24, 2.45) is 0 Å². The van der Waals surface area contributed by atoms with E-state index in [2.05, 4.69) is 4.74 Å². The van der Waals surface area contributed by atoms with E-state index in [-0.39, 0.29) is 24.2 Å². The van der Waals surface area contributed by atoms with Crippen LogP contribution in [0.25, 0.3) is 0 Å². The van der Waals surface area contributed by atoms with Crippen LogP contribution in [0.15, 0.2) is 12.1 Å². The average molecular weight is 287 g/mol. The molecule has 20 heavy (non-hydrogen) atoms. The van der Waals surface area contributed by atoms with Gasteiger partial charge in [-0.2, -0.15) is 5.26 Å². The summed E-state index contributed by atoms with van der Waals surface area (Å²) in [4.78, 5) is 11.4. The highest BCUT2D eigenvalue weighted by Crippen LogP contribution is 2.27. The smallest absolute Gasteiger partial charge is 0.466 e. The van der Waals surface area contributed by atoms with Crippen molar-refractivity contribution in [1.29, 1.82) is 5.26 Å². The summed E-state index contributed by atoms with van der Waals surface area (Å²) in [6.07, 6.45) is -5.08. The number of nitriles is 1. The van der Waals surface area contributed by atoms with Gasteiger partial charge in [-0.3, -0.25) is 4.79 Å². The summed E-state index contributed by atoms with van der Waals surface area (Å²) in [7, 11) is 0. The predicted octanol–water partition coefficient (Wildman–Crippen LogP) is 2.87. The summed E-state index contributed by atoms with van der Waals surface area (Å²) in [5.41, 5.74) is 0.711. The summed E-state index contributed by atoms with van der Waals surface area (Å²) in [5.74, 6) is -1.11. The van der Waals surface area contributed by atoms with Crippen LogP contribution >= 0.6 is 0 Å². The molecule has 0 aliphatic carbocycles. The number of carbonyl (C=O) groups excluding carboxylic acids is 1. The van der Waals surface area contributed by atoms with Gasteiger partial charge in [0.05, 0.1) is 24.7 Å². The van der Waals surface area contributed by atoms with E-state index < -0.39 is 18.1 Å². The van der Waals surface area contributed by atoms with E-state index in [1.807, 2.05) is 0 Å². The minimum Gasteiger partial charge on any atom is -0.466 e. The molecule has 108 valence electrons. The Kier molecular flexibility index (Phi) is 4.97. The van der Waals surface area contributed by atoms with Gasteiger partial charge < -0.3 is 9.47 Å². The van der Waals surface area contributed by atoms with Gasteiger partial charge in [-0.25, -0.2) is 0 Å². The molecule has 0 aliphatic rings. The molecule has 0 atom stereocenters. The van der Waals surface area contributed by atoms with Crippen LogP contribution in [0.3, 0.4) is 0 Å². The molecule has 0 spiro atoms. The van der Waals surface area contributed by atoms with Crippen molar-refractivity contribution in [1.82, 2.24) is 0 Å². The molecule has 0 radical (unpaired) electrons. The maximum atomic E-state index is 12.2. The molecule has 1 rings (SSSR count). The second-order valence-corrected chi connectivity index (χ2v) is 3.90. The number of alkyl halides is 3. The molecular weight excluding hydrogens is 275 g/mol. The first-order valence-electron chi connectivity index (χ1n) is 5.71. The maximum Gasteiger partial charge on any atom is 0.573 e. The van der Waals surface area contributed by atoms with Crippen molar-refractivity contribution < 1.29 is 27.4 Å². The Balaban J connectivity index is 3.13. The molecule has 4 nitrogen and oxygen atoms in total. The predicted molar refractivity (Wildman–Crippen MR) is 62.9 cm³/mol. The highest BCUT2D eigenvalue weighted by Gasteiger charge is 2.31. The topological polar surface area (TPSA) is 59.3 Å². The molecule has 0 aromatic heterocycles. The lowest BCUT2D eigenvalue weighted by atomic mass is 10.00. The number of ether oxygens (including phenoxy) is 2. The molecule has 1 aromatic rings. The van der Waals surface area contributed by atoms with E-state index >= 15 is 0 Å². The highest BCUT2D eigenvalue weighted by molar-refractivity contribution is 5.73. The molecule has 0 N–H and O–H groups in total. The van der Waals surface area contributed by atoms with E-state index in [9.17, 15) is 18.0 Å². The summed E-state index contributed by atoms with van der Waals surface area (Å²) in [5, 5.41) is 8.90. The van der Waals surface area contributed by atoms with E-state index in [1.165, 1.54) is 0 Å². The van der Waals surface area contributed by atoms with Gasteiger partial charge in [-0.1, -0.05) is 0 Å². The first-order chi connectivity index (χ1) is 9.26. The Labute approximate surface area is 113 Å². The Morgan fingerprint density at radius 3 is 2.55 bits per heavy atom. The van der Waals surface area contributed by atoms with Crippen LogP contribution in [0.5, 0.6) is 5.75 Å². The fourth-order valence-electron chi connectivity index (χ4n) is 1.60. The van der Waals surface area contributed by atoms with Gasteiger partial charge >= 0.3 is 12.3 Å². The van der Waals surface area contributed by atoms with Crippen molar-refractivity contribution in [3.63, 3.8) is 0 Å². The summed E-state index contributed by atoms with van der Waals surface area (Å²) in [6.45, 7) is 3.33. The van der Waals surface area contributed by atoms with Crippen molar-refractivity contribution in [2.75, 3.05) is 6.61 Å². The molecule has 0 fully saturated rings. The van der Waals surface area contributed by atoms with Gasteiger partial charge in [0.15, 0.2) is 0 Å². The molecule has 0 saturated carbocycles. The lowest BCUT2D eigenvalue weighted by molar-refractivity contribution is -0.274. The van der Waals surface area contributed by atoms with Gasteiger partial charge in [0.1, 0.15) is 5.75 Å². The third-order valence-electron chi connectivity index (χ3n) is 2.48. The molecular formula is C13H12F3NO3. The highest BCUT2D eigenvalue weighted by atomic mass is 19.4. The van der Waals surface area contributed by atoms with Crippen LogP contribution in [-0.2, 0) is 16.0 Å². The maximum absolute atomic E-state index is 12.2. The van der Waals surface area contributed by atoms with Crippen LogP contribution in [0.1, 0.15) is 23.6 Å². The molecule has 0 bridgehead atoms. The minimum atomic E-state index is -4.86. The van der Waals surface area contributed by atoms with Gasteiger partial charge in [-0.15, -0.1) is 13.2 Å². The Morgan fingerprint density at radius 2 is 2.05 bits per heavy atom. The number of rotatable bonds is 4. The number of benzene rings is 1. The third kappa shape index (κ3) is 4.46. The molecule has 0 saturated heterocycles. The number of halogens is 3. The fraction of sp³-hybridized carbons (Fsp3) is 0.385. The zero-order valence-corrected chi connectivity index (χ0v) is 10.9. The minimum absolute atomic E-state index is 0.0195. The monoisotopic (exact) mass is 287 g/mol. The van der Waals surface area contributed by atoms with Crippen molar-refractivity contribution >= 4 is 5.97 Å². The van der Waals surface area contributed by atoms with E-state index in [4.69, 9.17) is 10.00 Å². The first-order valence-corrected chi connectivity index (χ1v) is 5.71. The van der Waals surface area contributed by atoms with E-state index in [1.54, 1.807) is 19.9 Å². The molecule has 0 amide bonds. The molecule has 0 heterocycles. The van der Waals surface area contributed by atoms with Crippen molar-refractivity contribution in [3.8, 4) is 11.8 Å². The molecule has 7 heteroatoms. The van der Waals surface area contributed by atoms with Gasteiger partial charge in [-0.05, 0) is 37.1 Å². The zero-order chi connectivity index (χ0) is 15.3. The van der Waals surface area contributed by atoms with Gasteiger partial charge in [0, 0.05) is 0 Å². The van der Waals surface area contributed by atoms with Crippen molar-refractivity contribution in [3.05, 3.63) is 28.8 Å². The third-order valence-corrected chi connectivity index (χ3v) is 2.48.